The first kappa shape index (κ1) is 11.6. The van der Waals surface area contributed by atoms with E-state index in [0.717, 1.165) is 12.1 Å². The Balaban J connectivity index is 2.85. The highest BCUT2D eigenvalue weighted by atomic mass is 19.1. The van der Waals surface area contributed by atoms with E-state index in [1.807, 2.05) is 0 Å². The van der Waals surface area contributed by atoms with Gasteiger partial charge in [-0.2, -0.15) is 0 Å². The molecule has 0 spiro atoms. The van der Waals surface area contributed by atoms with Crippen LogP contribution in [0, 0.1) is 11.6 Å². The summed E-state index contributed by atoms with van der Waals surface area (Å²) in [5, 5.41) is 0. The third kappa shape index (κ3) is 2.73. The van der Waals surface area contributed by atoms with Crippen molar-refractivity contribution in [2.24, 2.45) is 5.73 Å². The molecule has 0 unspecified atom stereocenters. The van der Waals surface area contributed by atoms with Crippen molar-refractivity contribution in [1.29, 1.82) is 0 Å². The van der Waals surface area contributed by atoms with Crippen molar-refractivity contribution in [3.63, 3.8) is 0 Å². The van der Waals surface area contributed by atoms with Gasteiger partial charge in [-0.1, -0.05) is 6.07 Å². The fraction of sp³-hybridized carbons (Fsp3) is 0.300. The van der Waals surface area contributed by atoms with Crippen molar-refractivity contribution < 1.29 is 18.3 Å². The van der Waals surface area contributed by atoms with Gasteiger partial charge in [-0.25, -0.2) is 8.78 Å². The van der Waals surface area contributed by atoms with Gasteiger partial charge in [0.15, 0.2) is 0 Å². The molecular formula is C10H11F2NO2. The number of hydrogen-bond donors (Lipinski definition) is 1. The lowest BCUT2D eigenvalue weighted by molar-refractivity contribution is -0.142. The lowest BCUT2D eigenvalue weighted by Crippen LogP contribution is -2.34. The average molecular weight is 215 g/mol. The van der Waals surface area contributed by atoms with E-state index in [2.05, 4.69) is 4.74 Å². The SMILES string of the molecule is COC(=O)[C@@H](N)Cc1c(F)cccc1F. The molecule has 0 heterocycles. The van der Waals surface area contributed by atoms with E-state index in [4.69, 9.17) is 5.73 Å². The molecule has 0 aliphatic carbocycles. The molecule has 0 aromatic heterocycles. The van der Waals surface area contributed by atoms with Crippen LogP contribution in [0.3, 0.4) is 0 Å². The summed E-state index contributed by atoms with van der Waals surface area (Å²) in [4.78, 5) is 10.9. The molecule has 1 aromatic rings. The van der Waals surface area contributed by atoms with Crippen molar-refractivity contribution in [3.05, 3.63) is 35.4 Å². The van der Waals surface area contributed by atoms with Gasteiger partial charge in [0, 0.05) is 12.0 Å². The molecule has 0 radical (unpaired) electrons. The summed E-state index contributed by atoms with van der Waals surface area (Å²) in [7, 11) is 1.17. The predicted molar refractivity (Wildman–Crippen MR) is 50.1 cm³/mol. The van der Waals surface area contributed by atoms with Crippen molar-refractivity contribution in [1.82, 2.24) is 0 Å². The van der Waals surface area contributed by atoms with E-state index >= 15 is 0 Å². The minimum Gasteiger partial charge on any atom is -0.468 e. The Morgan fingerprint density at radius 1 is 1.47 bits per heavy atom. The highest BCUT2D eigenvalue weighted by Gasteiger charge is 2.18. The summed E-state index contributed by atoms with van der Waals surface area (Å²) in [6, 6.07) is 2.42. The van der Waals surface area contributed by atoms with Crippen LogP contribution in [0.4, 0.5) is 8.78 Å². The number of carbonyl (C=O) groups is 1. The fourth-order valence-electron chi connectivity index (χ4n) is 1.18. The molecule has 15 heavy (non-hydrogen) atoms. The highest BCUT2D eigenvalue weighted by molar-refractivity contribution is 5.75. The molecular weight excluding hydrogens is 204 g/mol. The Labute approximate surface area is 85.8 Å². The van der Waals surface area contributed by atoms with Crippen LogP contribution in [0.5, 0.6) is 0 Å². The molecule has 5 heteroatoms. The number of benzene rings is 1. The van der Waals surface area contributed by atoms with Crippen LogP contribution in [-0.4, -0.2) is 19.1 Å². The Kier molecular flexibility index (Phi) is 3.74. The second kappa shape index (κ2) is 4.84. The van der Waals surface area contributed by atoms with Crippen molar-refractivity contribution in [3.8, 4) is 0 Å². The van der Waals surface area contributed by atoms with Gasteiger partial charge >= 0.3 is 5.97 Å². The maximum Gasteiger partial charge on any atom is 0.322 e. The summed E-state index contributed by atoms with van der Waals surface area (Å²) in [6.07, 6.45) is -0.217. The summed E-state index contributed by atoms with van der Waals surface area (Å²) in [5.41, 5.74) is 5.19. The molecule has 1 aromatic carbocycles. The highest BCUT2D eigenvalue weighted by Crippen LogP contribution is 2.13. The third-order valence-electron chi connectivity index (χ3n) is 1.99. The Morgan fingerprint density at radius 3 is 2.47 bits per heavy atom. The topological polar surface area (TPSA) is 52.3 Å². The van der Waals surface area contributed by atoms with Gasteiger partial charge < -0.3 is 10.5 Å². The molecule has 0 fully saturated rings. The quantitative estimate of drug-likeness (QED) is 0.765. The van der Waals surface area contributed by atoms with Gasteiger partial charge in [0.1, 0.15) is 17.7 Å². The summed E-state index contributed by atoms with van der Waals surface area (Å²) in [6.45, 7) is 0. The standard InChI is InChI=1S/C10H11F2NO2/c1-15-10(14)9(13)5-6-7(11)3-2-4-8(6)12/h2-4,9H,5,13H2,1H3/t9-/m0/s1. The molecule has 3 nitrogen and oxygen atoms in total. The first-order chi connectivity index (χ1) is 7.06. The molecule has 0 saturated heterocycles. The van der Waals surface area contributed by atoms with Crippen LogP contribution in [0.1, 0.15) is 5.56 Å². The molecule has 0 aliphatic rings. The first-order valence-corrected chi connectivity index (χ1v) is 4.32. The van der Waals surface area contributed by atoms with Crippen molar-refractivity contribution in [2.45, 2.75) is 12.5 Å². The average Bonchev–Trinajstić information content (AvgIpc) is 2.22. The number of halogens is 2. The molecule has 2 N–H and O–H groups in total. The second-order valence-electron chi connectivity index (χ2n) is 3.03. The zero-order valence-electron chi connectivity index (χ0n) is 8.17. The van der Waals surface area contributed by atoms with E-state index in [1.54, 1.807) is 0 Å². The number of esters is 1. The van der Waals surface area contributed by atoms with Gasteiger partial charge in [-0.05, 0) is 12.1 Å². The Bertz CT molecular complexity index is 348. The van der Waals surface area contributed by atoms with Gasteiger partial charge in [-0.15, -0.1) is 0 Å². The number of hydrogen-bond acceptors (Lipinski definition) is 3. The van der Waals surface area contributed by atoms with Crippen LogP contribution < -0.4 is 5.73 Å². The normalized spacial score (nSPS) is 12.3. The van der Waals surface area contributed by atoms with Crippen molar-refractivity contribution in [2.75, 3.05) is 7.11 Å². The lowest BCUT2D eigenvalue weighted by Gasteiger charge is -2.10. The van der Waals surface area contributed by atoms with E-state index < -0.39 is 23.6 Å². The van der Waals surface area contributed by atoms with E-state index in [0.29, 0.717) is 0 Å². The van der Waals surface area contributed by atoms with Crippen molar-refractivity contribution >= 4 is 5.97 Å². The van der Waals surface area contributed by atoms with E-state index in [1.165, 1.54) is 13.2 Å². The van der Waals surface area contributed by atoms with Crippen LogP contribution in [-0.2, 0) is 16.0 Å². The van der Waals surface area contributed by atoms with Crippen LogP contribution in [0.15, 0.2) is 18.2 Å². The molecule has 1 rings (SSSR count). The van der Waals surface area contributed by atoms with E-state index in [9.17, 15) is 13.6 Å². The monoisotopic (exact) mass is 215 g/mol. The zero-order chi connectivity index (χ0) is 11.4. The zero-order valence-corrected chi connectivity index (χ0v) is 8.17. The minimum atomic E-state index is -1.05. The summed E-state index contributed by atoms with van der Waals surface area (Å²) >= 11 is 0. The molecule has 0 saturated carbocycles. The number of rotatable bonds is 3. The van der Waals surface area contributed by atoms with Crippen LogP contribution in [0.2, 0.25) is 0 Å². The second-order valence-corrected chi connectivity index (χ2v) is 3.03. The van der Waals surface area contributed by atoms with Gasteiger partial charge in [0.2, 0.25) is 0 Å². The smallest absolute Gasteiger partial charge is 0.322 e. The molecule has 0 aliphatic heterocycles. The summed E-state index contributed by atoms with van der Waals surface area (Å²) < 4.78 is 30.6. The van der Waals surface area contributed by atoms with Crippen LogP contribution in [0.25, 0.3) is 0 Å². The number of ether oxygens (including phenoxy) is 1. The third-order valence-corrected chi connectivity index (χ3v) is 1.99. The van der Waals surface area contributed by atoms with Gasteiger partial charge in [0.05, 0.1) is 7.11 Å². The number of methoxy groups -OCH3 is 1. The molecule has 82 valence electrons. The van der Waals surface area contributed by atoms with E-state index in [-0.39, 0.29) is 12.0 Å². The minimum absolute atomic E-state index is 0.199. The summed E-state index contributed by atoms with van der Waals surface area (Å²) in [5.74, 6) is -2.12. The predicted octanol–water partition coefficient (Wildman–Crippen LogP) is 1.01. The Hall–Kier alpha value is -1.49. The molecule has 0 amide bonds. The van der Waals surface area contributed by atoms with Gasteiger partial charge in [0.25, 0.3) is 0 Å². The largest absolute Gasteiger partial charge is 0.468 e. The first-order valence-electron chi connectivity index (χ1n) is 4.32. The van der Waals surface area contributed by atoms with Crippen LogP contribution >= 0.6 is 0 Å². The number of nitrogens with two attached hydrogens (primary N) is 1. The number of carbonyl (C=O) groups excluding carboxylic acids is 1. The lowest BCUT2D eigenvalue weighted by atomic mass is 10.1. The van der Waals surface area contributed by atoms with Gasteiger partial charge in [-0.3, -0.25) is 4.79 Å². The Morgan fingerprint density at radius 2 is 2.00 bits per heavy atom. The molecule has 0 bridgehead atoms. The molecule has 1 atom stereocenters. The fourth-order valence-corrected chi connectivity index (χ4v) is 1.18. The maximum absolute atomic E-state index is 13.1. The maximum atomic E-state index is 13.1.